The number of hydrogen-bond donors (Lipinski definition) is 0. The van der Waals surface area contributed by atoms with Gasteiger partial charge >= 0.3 is 12.1 Å². The number of carbonyl (C=O) groups is 3. The Bertz CT molecular complexity index is 1260. The molecule has 1 saturated heterocycles. The van der Waals surface area contributed by atoms with Gasteiger partial charge in [0.1, 0.15) is 12.6 Å². The van der Waals surface area contributed by atoms with E-state index in [1.165, 1.54) is 17.0 Å². The fourth-order valence-electron chi connectivity index (χ4n) is 5.94. The van der Waals surface area contributed by atoms with Crippen LogP contribution in [0.3, 0.4) is 0 Å². The summed E-state index contributed by atoms with van der Waals surface area (Å²) in [5.41, 5.74) is -1.88. The van der Waals surface area contributed by atoms with Gasteiger partial charge in [-0.05, 0) is 49.9 Å². The van der Waals surface area contributed by atoms with Crippen molar-refractivity contribution in [3.8, 4) is 0 Å². The van der Waals surface area contributed by atoms with E-state index in [2.05, 4.69) is 4.98 Å². The number of benzene rings is 1. The second-order valence-electron chi connectivity index (χ2n) is 9.90. The Morgan fingerprint density at radius 3 is 2.41 bits per heavy atom. The second kappa shape index (κ2) is 8.68. The molecule has 2 heterocycles. The zero-order chi connectivity index (χ0) is 26.8. The number of ether oxygens (including phenoxy) is 1. The average Bonchev–Trinajstić information content (AvgIpc) is 2.76. The van der Waals surface area contributed by atoms with Crippen LogP contribution in [0.2, 0.25) is 5.02 Å². The molecule has 0 spiro atoms. The van der Waals surface area contributed by atoms with Crippen LogP contribution in [0.1, 0.15) is 37.3 Å². The molecule has 4 fully saturated rings. The zero-order valence-corrected chi connectivity index (χ0v) is 20.4. The number of rotatable bonds is 6. The molecule has 7 nitrogen and oxygen atoms in total. The highest BCUT2D eigenvalue weighted by Gasteiger charge is 2.77. The Morgan fingerprint density at radius 1 is 1.19 bits per heavy atom. The fraction of sp³-hybridized carbons (Fsp3) is 0.440. The maximum Gasteiger partial charge on any atom is 0.416 e. The smallest absolute Gasteiger partial charge is 0.416 e. The van der Waals surface area contributed by atoms with Crippen molar-refractivity contribution in [2.24, 2.45) is 10.8 Å². The largest absolute Gasteiger partial charge is 0.466 e. The lowest BCUT2D eigenvalue weighted by Crippen LogP contribution is -2.77. The van der Waals surface area contributed by atoms with Crippen LogP contribution in [0.15, 0.2) is 36.5 Å². The molecule has 3 saturated carbocycles. The highest BCUT2D eigenvalue weighted by Crippen LogP contribution is 2.76. The first-order chi connectivity index (χ1) is 17.4. The number of amides is 2. The monoisotopic (exact) mass is 539 g/mol. The lowest BCUT2D eigenvalue weighted by atomic mass is 9.32. The van der Waals surface area contributed by atoms with E-state index in [0.29, 0.717) is 24.8 Å². The summed E-state index contributed by atoms with van der Waals surface area (Å²) in [7, 11) is 0. The lowest BCUT2D eigenvalue weighted by molar-refractivity contribution is -0.247. The summed E-state index contributed by atoms with van der Waals surface area (Å²) < 4.78 is 58.8. The van der Waals surface area contributed by atoms with Crippen LogP contribution in [0.5, 0.6) is 0 Å². The third kappa shape index (κ3) is 4.13. The normalized spacial score (nSPS) is 27.0. The van der Waals surface area contributed by atoms with Crippen LogP contribution in [0.25, 0.3) is 0 Å². The number of halogens is 5. The molecule has 2 amide bonds. The number of pyridine rings is 1. The highest BCUT2D eigenvalue weighted by molar-refractivity contribution is 6.30. The molecule has 3 aliphatic carbocycles. The molecule has 6 rings (SSSR count). The van der Waals surface area contributed by atoms with Gasteiger partial charge in [-0.3, -0.25) is 19.3 Å². The van der Waals surface area contributed by atoms with Crippen molar-refractivity contribution < 1.29 is 36.7 Å². The Morgan fingerprint density at radius 2 is 1.84 bits per heavy atom. The van der Waals surface area contributed by atoms with Crippen molar-refractivity contribution in [3.05, 3.63) is 58.5 Å². The summed E-state index contributed by atoms with van der Waals surface area (Å²) in [6.45, 7) is 1.29. The van der Waals surface area contributed by atoms with Crippen molar-refractivity contribution in [2.45, 2.75) is 44.9 Å². The molecule has 1 aromatic heterocycles. The van der Waals surface area contributed by atoms with Crippen LogP contribution in [0.4, 0.5) is 23.4 Å². The average molecular weight is 540 g/mol. The van der Waals surface area contributed by atoms with Gasteiger partial charge < -0.3 is 9.64 Å². The van der Waals surface area contributed by atoms with Gasteiger partial charge in [-0.25, -0.2) is 9.37 Å². The third-order valence-corrected chi connectivity index (χ3v) is 7.67. The van der Waals surface area contributed by atoms with E-state index in [9.17, 15) is 31.9 Å². The minimum absolute atomic E-state index is 0.0216. The van der Waals surface area contributed by atoms with E-state index in [4.69, 9.17) is 16.3 Å². The van der Waals surface area contributed by atoms with Gasteiger partial charge in [-0.1, -0.05) is 23.7 Å². The number of alkyl halides is 3. The standard InChI is InChI=1S/C25H22ClF4N3O4/c1-2-37-22(36)24-11-23(12-24,13-24)19-21(35)33(20-17(27)7-16(26)8-31-20)10-18(34)32(19)9-14-3-5-15(6-4-14)25(28,29)30/h3-8,19H,2,9-13H2,1H3. The number of esters is 1. The Labute approximate surface area is 214 Å². The summed E-state index contributed by atoms with van der Waals surface area (Å²) in [4.78, 5) is 45.8. The van der Waals surface area contributed by atoms with Gasteiger partial charge in [0, 0.05) is 18.2 Å². The molecule has 37 heavy (non-hydrogen) atoms. The fourth-order valence-corrected chi connectivity index (χ4v) is 6.08. The first kappa shape index (κ1) is 25.4. The summed E-state index contributed by atoms with van der Waals surface area (Å²) in [5.74, 6) is -2.66. The molecule has 196 valence electrons. The van der Waals surface area contributed by atoms with Crippen LogP contribution < -0.4 is 4.90 Å². The highest BCUT2D eigenvalue weighted by atomic mass is 35.5. The molecule has 12 heteroatoms. The number of carbonyl (C=O) groups excluding carboxylic acids is 3. The van der Waals surface area contributed by atoms with E-state index < -0.39 is 52.8 Å². The number of anilines is 1. The van der Waals surface area contributed by atoms with E-state index in [1.54, 1.807) is 6.92 Å². The summed E-state index contributed by atoms with van der Waals surface area (Å²) in [6.07, 6.45) is -2.40. The molecule has 0 N–H and O–H groups in total. The summed E-state index contributed by atoms with van der Waals surface area (Å²) >= 11 is 5.79. The molecule has 1 aromatic carbocycles. The van der Waals surface area contributed by atoms with Crippen molar-refractivity contribution in [1.29, 1.82) is 0 Å². The number of nitrogens with zero attached hydrogens (tertiary/aromatic N) is 3. The number of piperazine rings is 1. The van der Waals surface area contributed by atoms with E-state index in [1.807, 2.05) is 0 Å². The molecule has 1 aliphatic heterocycles. The van der Waals surface area contributed by atoms with Crippen molar-refractivity contribution >= 4 is 35.2 Å². The van der Waals surface area contributed by atoms with Gasteiger partial charge in [0.15, 0.2) is 11.6 Å². The quantitative estimate of drug-likeness (QED) is 0.402. The number of hydrogen-bond acceptors (Lipinski definition) is 5. The molecular formula is C25H22ClF4N3O4. The Hall–Kier alpha value is -3.21. The van der Waals surface area contributed by atoms with Crippen molar-refractivity contribution in [3.63, 3.8) is 0 Å². The Balaban J connectivity index is 1.46. The Kier molecular flexibility index (Phi) is 5.97. The van der Waals surface area contributed by atoms with Crippen LogP contribution in [-0.4, -0.2) is 46.9 Å². The van der Waals surface area contributed by atoms with Gasteiger partial charge in [0.2, 0.25) is 5.91 Å². The van der Waals surface area contributed by atoms with Crippen LogP contribution >= 0.6 is 11.6 Å². The predicted molar refractivity (Wildman–Crippen MR) is 123 cm³/mol. The van der Waals surface area contributed by atoms with E-state index in [-0.39, 0.29) is 30.0 Å². The maximum absolute atomic E-state index is 14.7. The third-order valence-electron chi connectivity index (χ3n) is 7.46. The second-order valence-corrected chi connectivity index (χ2v) is 10.3. The SMILES string of the molecule is CCOC(=O)C12CC(C3C(=O)N(c4ncc(Cl)cc4F)CC(=O)N3Cc3ccc(C(F)(F)F)cc3)(C1)C2. The molecule has 1 unspecified atom stereocenters. The van der Waals surface area contributed by atoms with E-state index >= 15 is 0 Å². The molecule has 2 aromatic rings. The van der Waals surface area contributed by atoms with Crippen LogP contribution in [-0.2, 0) is 31.8 Å². The zero-order valence-electron chi connectivity index (χ0n) is 19.6. The molecular weight excluding hydrogens is 518 g/mol. The summed E-state index contributed by atoms with van der Waals surface area (Å²) in [5, 5.41) is 0.0216. The molecule has 4 aliphatic rings. The van der Waals surface area contributed by atoms with Gasteiger partial charge in [-0.15, -0.1) is 0 Å². The minimum Gasteiger partial charge on any atom is -0.466 e. The van der Waals surface area contributed by atoms with Crippen LogP contribution in [0, 0.1) is 16.6 Å². The summed E-state index contributed by atoms with van der Waals surface area (Å²) in [6, 6.07) is 4.28. The first-order valence-electron chi connectivity index (χ1n) is 11.6. The lowest BCUT2D eigenvalue weighted by Gasteiger charge is -2.72. The first-order valence-corrected chi connectivity index (χ1v) is 12.0. The molecule has 2 bridgehead atoms. The van der Waals surface area contributed by atoms with Crippen molar-refractivity contribution in [2.75, 3.05) is 18.1 Å². The number of aromatic nitrogens is 1. The van der Waals surface area contributed by atoms with Gasteiger partial charge in [-0.2, -0.15) is 13.2 Å². The predicted octanol–water partition coefficient (Wildman–Crippen LogP) is 4.37. The van der Waals surface area contributed by atoms with Crippen molar-refractivity contribution in [1.82, 2.24) is 9.88 Å². The van der Waals surface area contributed by atoms with Gasteiger partial charge in [0.25, 0.3) is 5.91 Å². The minimum atomic E-state index is -4.51. The maximum atomic E-state index is 14.7. The molecule has 1 atom stereocenters. The topological polar surface area (TPSA) is 79.8 Å². The van der Waals surface area contributed by atoms with E-state index in [0.717, 1.165) is 29.3 Å². The molecule has 0 radical (unpaired) electrons. The van der Waals surface area contributed by atoms with Gasteiger partial charge in [0.05, 0.1) is 22.6 Å².